The lowest BCUT2D eigenvalue weighted by atomic mass is 10.1. The average molecular weight is 344 g/mol. The Morgan fingerprint density at radius 3 is 2.20 bits per heavy atom. The van der Waals surface area contributed by atoms with Crippen molar-refractivity contribution in [3.8, 4) is 0 Å². The number of rotatable bonds is 8. The Balaban J connectivity index is 2.03. The van der Waals surface area contributed by atoms with E-state index < -0.39 is 0 Å². The second-order valence-electron chi connectivity index (χ2n) is 6.87. The Bertz CT molecular complexity index is 606. The van der Waals surface area contributed by atoms with Crippen molar-refractivity contribution in [3.05, 3.63) is 35.4 Å². The normalized spacial score (nSPS) is 14.5. The van der Waals surface area contributed by atoms with Gasteiger partial charge in [0.25, 0.3) is 5.91 Å². The number of unbranched alkanes of at least 4 members (excludes halogenated alkanes) is 2. The summed E-state index contributed by atoms with van der Waals surface area (Å²) in [6.07, 6.45) is 3.86. The number of hydrogen-bond acceptors (Lipinski definition) is 3. The molecule has 1 saturated heterocycles. The molecule has 0 spiro atoms. The predicted octanol–water partition coefficient (Wildman–Crippen LogP) is 3.38. The van der Waals surface area contributed by atoms with Crippen molar-refractivity contribution in [1.29, 1.82) is 0 Å². The third-order valence-electron chi connectivity index (χ3n) is 4.58. The van der Waals surface area contributed by atoms with Gasteiger partial charge >= 0.3 is 0 Å². The van der Waals surface area contributed by atoms with Gasteiger partial charge in [-0.05, 0) is 38.0 Å². The van der Waals surface area contributed by atoms with E-state index in [2.05, 4.69) is 6.92 Å². The molecule has 5 nitrogen and oxygen atoms in total. The van der Waals surface area contributed by atoms with Gasteiger partial charge in [-0.15, -0.1) is 0 Å². The van der Waals surface area contributed by atoms with Gasteiger partial charge in [0.2, 0.25) is 11.8 Å². The zero-order valence-electron chi connectivity index (χ0n) is 15.5. The van der Waals surface area contributed by atoms with Crippen molar-refractivity contribution in [2.75, 3.05) is 6.54 Å². The summed E-state index contributed by atoms with van der Waals surface area (Å²) in [4.78, 5) is 39.3. The predicted molar refractivity (Wildman–Crippen MR) is 96.9 cm³/mol. The first-order valence-corrected chi connectivity index (χ1v) is 9.17. The minimum Gasteiger partial charge on any atom is -0.336 e. The van der Waals surface area contributed by atoms with Crippen molar-refractivity contribution in [2.24, 2.45) is 0 Å². The SMILES string of the molecule is CCCCCN(C(=O)c1ccc(CN2C(=O)CCC2=O)cc1)C(C)C. The summed E-state index contributed by atoms with van der Waals surface area (Å²) in [6, 6.07) is 7.40. The molecule has 2 rings (SSSR count). The fraction of sp³-hybridized carbons (Fsp3) is 0.550. The molecule has 0 aliphatic carbocycles. The van der Waals surface area contributed by atoms with E-state index >= 15 is 0 Å². The van der Waals surface area contributed by atoms with Crippen LogP contribution in [0.1, 0.15) is 68.8 Å². The van der Waals surface area contributed by atoms with Crippen molar-refractivity contribution in [3.63, 3.8) is 0 Å². The lowest BCUT2D eigenvalue weighted by molar-refractivity contribution is -0.139. The lowest BCUT2D eigenvalue weighted by Crippen LogP contribution is -2.37. The van der Waals surface area contributed by atoms with Crippen LogP contribution in [-0.4, -0.2) is 40.1 Å². The second kappa shape index (κ2) is 8.79. The highest BCUT2D eigenvalue weighted by Gasteiger charge is 2.28. The Morgan fingerprint density at radius 2 is 1.68 bits per heavy atom. The molecule has 0 N–H and O–H groups in total. The van der Waals surface area contributed by atoms with Gasteiger partial charge in [-0.25, -0.2) is 0 Å². The highest BCUT2D eigenvalue weighted by atomic mass is 16.2. The van der Waals surface area contributed by atoms with E-state index in [4.69, 9.17) is 0 Å². The zero-order valence-corrected chi connectivity index (χ0v) is 15.5. The van der Waals surface area contributed by atoms with Crippen LogP contribution in [0.4, 0.5) is 0 Å². The van der Waals surface area contributed by atoms with Gasteiger partial charge in [0.1, 0.15) is 0 Å². The fourth-order valence-corrected chi connectivity index (χ4v) is 3.03. The molecule has 1 fully saturated rings. The number of nitrogens with zero attached hydrogens (tertiary/aromatic N) is 2. The third kappa shape index (κ3) is 4.91. The summed E-state index contributed by atoms with van der Waals surface area (Å²) in [5.74, 6) is -0.204. The number of likely N-dealkylation sites (tertiary alicyclic amines) is 1. The molecular formula is C20H28N2O3. The number of amides is 3. The average Bonchev–Trinajstić information content (AvgIpc) is 2.90. The maximum atomic E-state index is 12.7. The molecule has 0 bridgehead atoms. The van der Waals surface area contributed by atoms with Crippen LogP contribution in [0, 0.1) is 0 Å². The van der Waals surface area contributed by atoms with Gasteiger partial charge in [-0.3, -0.25) is 19.3 Å². The Hall–Kier alpha value is -2.17. The Kier molecular flexibility index (Phi) is 6.73. The summed E-state index contributed by atoms with van der Waals surface area (Å²) in [5, 5.41) is 0. The molecule has 0 saturated carbocycles. The third-order valence-corrected chi connectivity index (χ3v) is 4.58. The molecule has 1 aromatic carbocycles. The van der Waals surface area contributed by atoms with Gasteiger partial charge in [0.15, 0.2) is 0 Å². The van der Waals surface area contributed by atoms with E-state index in [0.29, 0.717) is 18.4 Å². The van der Waals surface area contributed by atoms with E-state index in [0.717, 1.165) is 31.4 Å². The Labute approximate surface area is 150 Å². The first-order chi connectivity index (χ1) is 11.9. The van der Waals surface area contributed by atoms with Gasteiger partial charge in [0, 0.05) is 31.0 Å². The van der Waals surface area contributed by atoms with Crippen molar-refractivity contribution >= 4 is 17.7 Å². The van der Waals surface area contributed by atoms with Crippen LogP contribution in [0.2, 0.25) is 0 Å². The van der Waals surface area contributed by atoms with Gasteiger partial charge in [-0.2, -0.15) is 0 Å². The molecule has 0 unspecified atom stereocenters. The fourth-order valence-electron chi connectivity index (χ4n) is 3.03. The van der Waals surface area contributed by atoms with Crippen LogP contribution in [0.3, 0.4) is 0 Å². The molecule has 1 heterocycles. The summed E-state index contributed by atoms with van der Waals surface area (Å²) in [7, 11) is 0. The van der Waals surface area contributed by atoms with Gasteiger partial charge in [0.05, 0.1) is 6.54 Å². The molecule has 1 aliphatic rings. The van der Waals surface area contributed by atoms with Crippen molar-refractivity contribution in [2.45, 2.75) is 65.5 Å². The van der Waals surface area contributed by atoms with Crippen molar-refractivity contribution in [1.82, 2.24) is 9.80 Å². The highest BCUT2D eigenvalue weighted by molar-refractivity contribution is 6.01. The number of benzene rings is 1. The van der Waals surface area contributed by atoms with E-state index in [-0.39, 0.29) is 30.3 Å². The van der Waals surface area contributed by atoms with E-state index in [1.54, 1.807) is 12.1 Å². The second-order valence-corrected chi connectivity index (χ2v) is 6.87. The molecular weight excluding hydrogens is 316 g/mol. The van der Waals surface area contributed by atoms with Crippen LogP contribution in [0.25, 0.3) is 0 Å². The minimum absolute atomic E-state index is 0.0333. The molecule has 5 heteroatoms. The zero-order chi connectivity index (χ0) is 18.4. The maximum absolute atomic E-state index is 12.7. The standard InChI is InChI=1S/C20H28N2O3/c1-4-5-6-13-21(15(2)3)20(25)17-9-7-16(8-10-17)14-22-18(23)11-12-19(22)24/h7-10,15H,4-6,11-14H2,1-3H3. The lowest BCUT2D eigenvalue weighted by Gasteiger charge is -2.27. The number of hydrogen-bond donors (Lipinski definition) is 0. The molecule has 0 aromatic heterocycles. The number of carbonyl (C=O) groups is 3. The largest absolute Gasteiger partial charge is 0.336 e. The Morgan fingerprint density at radius 1 is 1.08 bits per heavy atom. The monoisotopic (exact) mass is 344 g/mol. The molecule has 0 radical (unpaired) electrons. The first kappa shape index (κ1) is 19.2. The van der Waals surface area contributed by atoms with E-state index in [1.807, 2.05) is 30.9 Å². The summed E-state index contributed by atoms with van der Waals surface area (Å²) >= 11 is 0. The molecule has 136 valence electrons. The van der Waals surface area contributed by atoms with Crippen LogP contribution in [0.15, 0.2) is 24.3 Å². The topological polar surface area (TPSA) is 57.7 Å². The van der Waals surface area contributed by atoms with Crippen LogP contribution >= 0.6 is 0 Å². The summed E-state index contributed by atoms with van der Waals surface area (Å²) < 4.78 is 0. The molecule has 1 aliphatic heterocycles. The molecule has 3 amide bonds. The van der Waals surface area contributed by atoms with E-state index in [9.17, 15) is 14.4 Å². The van der Waals surface area contributed by atoms with Crippen LogP contribution in [0.5, 0.6) is 0 Å². The highest BCUT2D eigenvalue weighted by Crippen LogP contribution is 2.17. The molecule has 0 atom stereocenters. The quantitative estimate of drug-likeness (QED) is 0.536. The molecule has 25 heavy (non-hydrogen) atoms. The van der Waals surface area contributed by atoms with Crippen molar-refractivity contribution < 1.29 is 14.4 Å². The van der Waals surface area contributed by atoms with Gasteiger partial charge < -0.3 is 4.90 Å². The summed E-state index contributed by atoms with van der Waals surface area (Å²) in [6.45, 7) is 7.27. The van der Waals surface area contributed by atoms with Gasteiger partial charge in [-0.1, -0.05) is 31.9 Å². The minimum atomic E-state index is -0.118. The number of imide groups is 1. The first-order valence-electron chi connectivity index (χ1n) is 9.17. The van der Waals surface area contributed by atoms with Crippen LogP contribution < -0.4 is 0 Å². The molecule has 1 aromatic rings. The number of carbonyl (C=O) groups excluding carboxylic acids is 3. The van der Waals surface area contributed by atoms with E-state index in [1.165, 1.54) is 4.90 Å². The maximum Gasteiger partial charge on any atom is 0.254 e. The summed E-state index contributed by atoms with van der Waals surface area (Å²) in [5.41, 5.74) is 1.51. The van der Waals surface area contributed by atoms with Crippen LogP contribution in [-0.2, 0) is 16.1 Å². The smallest absolute Gasteiger partial charge is 0.254 e.